The van der Waals surface area contributed by atoms with E-state index < -0.39 is 23.1 Å². The molecule has 0 aliphatic carbocycles. The first-order chi connectivity index (χ1) is 15.2. The number of hydrogen-bond acceptors (Lipinski definition) is 4. The van der Waals surface area contributed by atoms with Gasteiger partial charge in [0.05, 0.1) is 16.8 Å². The van der Waals surface area contributed by atoms with Crippen LogP contribution in [0.2, 0.25) is 0 Å². The molecule has 3 aromatic rings. The summed E-state index contributed by atoms with van der Waals surface area (Å²) in [7, 11) is 0. The highest BCUT2D eigenvalue weighted by molar-refractivity contribution is 5.49. The van der Waals surface area contributed by atoms with Crippen LogP contribution in [0.3, 0.4) is 0 Å². The predicted octanol–water partition coefficient (Wildman–Crippen LogP) is 5.64. The fourth-order valence-corrected chi connectivity index (χ4v) is 4.29. The zero-order chi connectivity index (χ0) is 22.9. The van der Waals surface area contributed by atoms with Gasteiger partial charge >= 0.3 is 6.18 Å². The summed E-state index contributed by atoms with van der Waals surface area (Å²) in [6.07, 6.45) is 1.20. The number of pyridine rings is 1. The van der Waals surface area contributed by atoms with Crippen LogP contribution in [-0.4, -0.2) is 21.5 Å². The third-order valence-corrected chi connectivity index (χ3v) is 6.20. The van der Waals surface area contributed by atoms with Gasteiger partial charge in [-0.1, -0.05) is 18.2 Å². The van der Waals surface area contributed by atoms with Crippen LogP contribution < -0.4 is 4.90 Å². The SMILES string of the molecule is Cc1ccc(CCc2ncnc(N3CCCC3(C)c3ccc(C(F)(F)F)cc3)c2F)cn1. The van der Waals surface area contributed by atoms with Crippen LogP contribution in [0, 0.1) is 12.7 Å². The van der Waals surface area contributed by atoms with Gasteiger partial charge in [0, 0.05) is 18.4 Å². The van der Waals surface area contributed by atoms with E-state index in [0.29, 0.717) is 37.1 Å². The third kappa shape index (κ3) is 4.31. The van der Waals surface area contributed by atoms with Crippen molar-refractivity contribution in [2.24, 2.45) is 0 Å². The molecule has 0 spiro atoms. The van der Waals surface area contributed by atoms with E-state index >= 15 is 4.39 Å². The fraction of sp³-hybridized carbons (Fsp3) is 0.375. The third-order valence-electron chi connectivity index (χ3n) is 6.20. The maximum absolute atomic E-state index is 15.4. The first kappa shape index (κ1) is 22.2. The number of benzene rings is 1. The van der Waals surface area contributed by atoms with Crippen molar-refractivity contribution >= 4 is 5.82 Å². The minimum absolute atomic E-state index is 0.192. The Kier molecular flexibility index (Phi) is 5.88. The Morgan fingerprint density at radius 1 is 1.00 bits per heavy atom. The second-order valence-corrected chi connectivity index (χ2v) is 8.37. The molecule has 168 valence electrons. The maximum Gasteiger partial charge on any atom is 0.416 e. The smallest absolute Gasteiger partial charge is 0.345 e. The molecule has 1 aliphatic heterocycles. The van der Waals surface area contributed by atoms with E-state index in [1.165, 1.54) is 18.5 Å². The summed E-state index contributed by atoms with van der Waals surface area (Å²) in [5, 5.41) is 0. The molecule has 1 atom stereocenters. The monoisotopic (exact) mass is 444 g/mol. The van der Waals surface area contributed by atoms with E-state index in [0.717, 1.165) is 29.8 Å². The average molecular weight is 444 g/mol. The van der Waals surface area contributed by atoms with E-state index in [4.69, 9.17) is 0 Å². The van der Waals surface area contributed by atoms with Crippen molar-refractivity contribution in [2.75, 3.05) is 11.4 Å². The molecule has 0 radical (unpaired) electrons. The van der Waals surface area contributed by atoms with Crippen molar-refractivity contribution < 1.29 is 17.6 Å². The Morgan fingerprint density at radius 3 is 2.41 bits per heavy atom. The zero-order valence-corrected chi connectivity index (χ0v) is 18.0. The second kappa shape index (κ2) is 8.48. The molecule has 3 heterocycles. The highest BCUT2D eigenvalue weighted by Gasteiger charge is 2.41. The highest BCUT2D eigenvalue weighted by atomic mass is 19.4. The van der Waals surface area contributed by atoms with Gasteiger partial charge < -0.3 is 4.90 Å². The van der Waals surface area contributed by atoms with Gasteiger partial charge in [0.15, 0.2) is 11.6 Å². The first-order valence-electron chi connectivity index (χ1n) is 10.5. The zero-order valence-electron chi connectivity index (χ0n) is 18.0. The van der Waals surface area contributed by atoms with E-state index in [2.05, 4.69) is 15.0 Å². The predicted molar refractivity (Wildman–Crippen MR) is 114 cm³/mol. The van der Waals surface area contributed by atoms with Gasteiger partial charge in [-0.2, -0.15) is 13.2 Å². The summed E-state index contributed by atoms with van der Waals surface area (Å²) in [6, 6.07) is 8.99. The number of halogens is 4. The van der Waals surface area contributed by atoms with Crippen molar-refractivity contribution in [3.63, 3.8) is 0 Å². The number of hydrogen-bond donors (Lipinski definition) is 0. The van der Waals surface area contributed by atoms with Crippen LogP contribution in [0.15, 0.2) is 48.9 Å². The Hall–Kier alpha value is -3.03. The van der Waals surface area contributed by atoms with Crippen LogP contribution in [0.25, 0.3) is 0 Å². The topological polar surface area (TPSA) is 41.9 Å². The Morgan fingerprint density at radius 2 is 1.75 bits per heavy atom. The van der Waals surface area contributed by atoms with Gasteiger partial charge in [-0.3, -0.25) is 4.98 Å². The second-order valence-electron chi connectivity index (χ2n) is 8.37. The van der Waals surface area contributed by atoms with Crippen LogP contribution in [0.1, 0.15) is 47.8 Å². The Labute approximate surface area is 184 Å². The lowest BCUT2D eigenvalue weighted by Crippen LogP contribution is -2.40. The molecule has 1 aromatic carbocycles. The number of nitrogens with zero attached hydrogens (tertiary/aromatic N) is 4. The van der Waals surface area contributed by atoms with Crippen LogP contribution in [0.5, 0.6) is 0 Å². The Balaban J connectivity index is 1.59. The molecular weight excluding hydrogens is 420 g/mol. The van der Waals surface area contributed by atoms with Crippen LogP contribution in [0.4, 0.5) is 23.4 Å². The molecule has 0 saturated carbocycles. The molecule has 32 heavy (non-hydrogen) atoms. The molecule has 1 fully saturated rings. The lowest BCUT2D eigenvalue weighted by molar-refractivity contribution is -0.137. The van der Waals surface area contributed by atoms with Crippen LogP contribution in [-0.2, 0) is 24.6 Å². The van der Waals surface area contributed by atoms with E-state index in [-0.39, 0.29) is 5.82 Å². The molecule has 4 rings (SSSR count). The van der Waals surface area contributed by atoms with Crippen LogP contribution >= 0.6 is 0 Å². The maximum atomic E-state index is 15.4. The number of aromatic nitrogens is 3. The Bertz CT molecular complexity index is 1080. The standard InChI is InChI=1S/C24H24F4N4/c1-16-4-5-17(14-29-16)6-11-20-21(25)22(31-15-30-20)32-13-3-12-23(32,2)18-7-9-19(10-8-18)24(26,27)28/h4-5,7-10,14-15H,3,6,11-13H2,1-2H3. The highest BCUT2D eigenvalue weighted by Crippen LogP contribution is 2.42. The van der Waals surface area contributed by atoms with Crippen molar-refractivity contribution in [3.8, 4) is 0 Å². The quantitative estimate of drug-likeness (QED) is 0.478. The minimum Gasteiger partial charge on any atom is -0.345 e. The molecular formula is C24H24F4N4. The van der Waals surface area contributed by atoms with Gasteiger partial charge in [-0.15, -0.1) is 0 Å². The van der Waals surface area contributed by atoms with E-state index in [9.17, 15) is 13.2 Å². The molecule has 4 nitrogen and oxygen atoms in total. The number of alkyl halides is 3. The molecule has 0 amide bonds. The molecule has 1 aliphatic rings. The van der Waals surface area contributed by atoms with Crippen molar-refractivity contribution in [1.29, 1.82) is 0 Å². The van der Waals surface area contributed by atoms with Gasteiger partial charge in [0.2, 0.25) is 0 Å². The molecule has 2 aromatic heterocycles. The van der Waals surface area contributed by atoms with Gasteiger partial charge in [0.25, 0.3) is 0 Å². The number of aryl methyl sites for hydroxylation is 3. The van der Waals surface area contributed by atoms with E-state index in [1.807, 2.05) is 30.9 Å². The summed E-state index contributed by atoms with van der Waals surface area (Å²) in [5.74, 6) is -0.287. The number of rotatable bonds is 5. The number of anilines is 1. The summed E-state index contributed by atoms with van der Waals surface area (Å²) in [5.41, 5.74) is 1.57. The summed E-state index contributed by atoms with van der Waals surface area (Å²) in [4.78, 5) is 14.5. The molecule has 0 bridgehead atoms. The molecule has 1 saturated heterocycles. The summed E-state index contributed by atoms with van der Waals surface area (Å²) >= 11 is 0. The largest absolute Gasteiger partial charge is 0.416 e. The fourth-order valence-electron chi connectivity index (χ4n) is 4.29. The molecule has 1 unspecified atom stereocenters. The summed E-state index contributed by atoms with van der Waals surface area (Å²) in [6.45, 7) is 4.39. The minimum atomic E-state index is -4.39. The first-order valence-corrected chi connectivity index (χ1v) is 10.5. The molecule has 0 N–H and O–H groups in total. The lowest BCUT2D eigenvalue weighted by atomic mass is 9.88. The summed E-state index contributed by atoms with van der Waals surface area (Å²) < 4.78 is 54.3. The molecule has 8 heteroatoms. The van der Waals surface area contributed by atoms with Gasteiger partial charge in [-0.25, -0.2) is 14.4 Å². The van der Waals surface area contributed by atoms with Crippen molar-refractivity contribution in [1.82, 2.24) is 15.0 Å². The van der Waals surface area contributed by atoms with Gasteiger partial charge in [0.1, 0.15) is 6.33 Å². The van der Waals surface area contributed by atoms with Crippen molar-refractivity contribution in [2.45, 2.75) is 51.2 Å². The van der Waals surface area contributed by atoms with E-state index in [1.54, 1.807) is 6.20 Å². The average Bonchev–Trinajstić information content (AvgIpc) is 3.16. The van der Waals surface area contributed by atoms with Gasteiger partial charge in [-0.05, 0) is 68.9 Å². The lowest BCUT2D eigenvalue weighted by Gasteiger charge is -2.37. The van der Waals surface area contributed by atoms with Crippen molar-refractivity contribution in [3.05, 3.63) is 82.8 Å². The normalized spacial score (nSPS) is 18.9.